The average Bonchev–Trinajstić information content (AvgIpc) is 3.09. The van der Waals surface area contributed by atoms with Crippen molar-refractivity contribution in [2.45, 2.75) is 240 Å². The summed E-state index contributed by atoms with van der Waals surface area (Å²) in [6.07, 6.45) is 34.2. The maximum Gasteiger partial charge on any atom is 0.306 e. The monoisotopic (exact) mass is 709 g/mol. The number of rotatable bonds is 38. The molecule has 0 spiro atoms. The first kappa shape index (κ1) is 48.4. The minimum Gasteiger partial charge on any atom is -0.462 e. The molecule has 0 aromatic rings. The molecule has 0 saturated carbocycles. The summed E-state index contributed by atoms with van der Waals surface area (Å²) < 4.78 is 16.5. The highest BCUT2D eigenvalue weighted by atomic mass is 16.6. The van der Waals surface area contributed by atoms with Gasteiger partial charge in [0.2, 0.25) is 0 Å². The summed E-state index contributed by atoms with van der Waals surface area (Å²) in [4.78, 5) is 37.3. The van der Waals surface area contributed by atoms with Gasteiger partial charge in [0.15, 0.2) is 6.10 Å². The van der Waals surface area contributed by atoms with Gasteiger partial charge >= 0.3 is 17.9 Å². The number of carbonyl (C=O) groups is 3. The maximum absolute atomic E-state index is 12.5. The van der Waals surface area contributed by atoms with E-state index >= 15 is 0 Å². The van der Waals surface area contributed by atoms with E-state index in [9.17, 15) is 14.4 Å². The van der Waals surface area contributed by atoms with E-state index in [-0.39, 0.29) is 31.1 Å². The summed E-state index contributed by atoms with van der Waals surface area (Å²) in [5, 5.41) is 0. The van der Waals surface area contributed by atoms with Gasteiger partial charge in [-0.3, -0.25) is 14.4 Å². The van der Waals surface area contributed by atoms with Gasteiger partial charge in [-0.1, -0.05) is 195 Å². The van der Waals surface area contributed by atoms with Crippen LogP contribution < -0.4 is 0 Å². The Bertz CT molecular complexity index is 766. The number of unbranched alkanes of at least 4 members (excludes halogenated alkanes) is 22. The molecule has 6 heteroatoms. The molecule has 0 aromatic heterocycles. The largest absolute Gasteiger partial charge is 0.462 e. The van der Waals surface area contributed by atoms with Crippen LogP contribution in [0, 0.1) is 11.8 Å². The zero-order chi connectivity index (χ0) is 36.9. The van der Waals surface area contributed by atoms with E-state index in [0.717, 1.165) is 76.0 Å². The van der Waals surface area contributed by atoms with E-state index in [0.29, 0.717) is 19.3 Å². The number of hydrogen-bond acceptors (Lipinski definition) is 6. The van der Waals surface area contributed by atoms with Crippen LogP contribution in [-0.4, -0.2) is 37.2 Å². The number of ether oxygens (including phenoxy) is 3. The van der Waals surface area contributed by atoms with E-state index < -0.39 is 6.10 Å². The van der Waals surface area contributed by atoms with Crippen molar-refractivity contribution >= 4 is 17.9 Å². The highest BCUT2D eigenvalue weighted by molar-refractivity contribution is 5.71. The van der Waals surface area contributed by atoms with Crippen molar-refractivity contribution in [2.75, 3.05) is 13.2 Å². The van der Waals surface area contributed by atoms with Crippen LogP contribution in [0.15, 0.2) is 0 Å². The molecular weight excluding hydrogens is 624 g/mol. The zero-order valence-electron chi connectivity index (χ0n) is 34.0. The summed E-state index contributed by atoms with van der Waals surface area (Å²) in [6.45, 7) is 11.2. The molecule has 6 nitrogen and oxygen atoms in total. The first-order valence-corrected chi connectivity index (χ1v) is 21.8. The van der Waals surface area contributed by atoms with Crippen molar-refractivity contribution in [3.05, 3.63) is 0 Å². The Kier molecular flexibility index (Phi) is 36.0. The highest BCUT2D eigenvalue weighted by Gasteiger charge is 2.19. The van der Waals surface area contributed by atoms with Crippen LogP contribution in [0.25, 0.3) is 0 Å². The molecule has 0 heterocycles. The lowest BCUT2D eigenvalue weighted by atomic mass is 9.99. The Labute approximate surface area is 310 Å². The van der Waals surface area contributed by atoms with Crippen molar-refractivity contribution in [3.63, 3.8) is 0 Å². The second kappa shape index (κ2) is 37.2. The minimum atomic E-state index is -0.758. The minimum absolute atomic E-state index is 0.0672. The summed E-state index contributed by atoms with van der Waals surface area (Å²) in [7, 11) is 0. The van der Waals surface area contributed by atoms with Gasteiger partial charge in [0.05, 0.1) is 0 Å². The van der Waals surface area contributed by atoms with Gasteiger partial charge in [-0.05, 0) is 31.1 Å². The number of carbonyl (C=O) groups excluding carboxylic acids is 3. The Morgan fingerprint density at radius 1 is 0.420 bits per heavy atom. The summed E-state index contributed by atoms with van der Waals surface area (Å²) in [5.74, 6) is 0.780. The SMILES string of the molecule is CCCCCCCC(=O)O[C@H](COC(=O)CCCCCCCCCCCCCCCCC(C)CC)COC(=O)CCCCCCCCC(C)C. The van der Waals surface area contributed by atoms with Crippen LogP contribution in [0.3, 0.4) is 0 Å². The Morgan fingerprint density at radius 3 is 1.14 bits per heavy atom. The normalized spacial score (nSPS) is 12.6. The van der Waals surface area contributed by atoms with Crippen LogP contribution >= 0.6 is 0 Å². The first-order valence-electron chi connectivity index (χ1n) is 21.8. The molecule has 296 valence electrons. The summed E-state index contributed by atoms with van der Waals surface area (Å²) >= 11 is 0. The predicted molar refractivity (Wildman–Crippen MR) is 210 cm³/mol. The van der Waals surface area contributed by atoms with Crippen LogP contribution in [0.2, 0.25) is 0 Å². The molecular formula is C44H84O6. The average molecular weight is 709 g/mol. The van der Waals surface area contributed by atoms with Crippen LogP contribution in [-0.2, 0) is 28.6 Å². The van der Waals surface area contributed by atoms with Crippen molar-refractivity contribution < 1.29 is 28.6 Å². The van der Waals surface area contributed by atoms with Gasteiger partial charge in [0, 0.05) is 19.3 Å². The Hall–Kier alpha value is -1.59. The molecule has 0 radical (unpaired) electrons. The Balaban J connectivity index is 4.10. The molecule has 0 rings (SSSR count). The van der Waals surface area contributed by atoms with Crippen molar-refractivity contribution in [1.82, 2.24) is 0 Å². The molecule has 0 saturated heterocycles. The molecule has 0 aliphatic heterocycles. The van der Waals surface area contributed by atoms with Crippen molar-refractivity contribution in [2.24, 2.45) is 11.8 Å². The van der Waals surface area contributed by atoms with Gasteiger partial charge in [0.25, 0.3) is 0 Å². The van der Waals surface area contributed by atoms with E-state index in [1.807, 2.05) is 0 Å². The first-order chi connectivity index (χ1) is 24.3. The topological polar surface area (TPSA) is 78.9 Å². The molecule has 0 aliphatic rings. The smallest absolute Gasteiger partial charge is 0.306 e. The number of hydrogen-bond donors (Lipinski definition) is 0. The van der Waals surface area contributed by atoms with Gasteiger partial charge < -0.3 is 14.2 Å². The van der Waals surface area contributed by atoms with E-state index in [4.69, 9.17) is 14.2 Å². The quantitative estimate of drug-likeness (QED) is 0.0361. The van der Waals surface area contributed by atoms with Crippen molar-refractivity contribution in [3.8, 4) is 0 Å². The van der Waals surface area contributed by atoms with Crippen molar-refractivity contribution in [1.29, 1.82) is 0 Å². The molecule has 0 aromatic carbocycles. The summed E-state index contributed by atoms with van der Waals surface area (Å²) in [5.41, 5.74) is 0. The lowest BCUT2D eigenvalue weighted by Gasteiger charge is -2.18. The molecule has 0 fully saturated rings. The maximum atomic E-state index is 12.5. The van der Waals surface area contributed by atoms with Crippen LogP contribution in [0.5, 0.6) is 0 Å². The van der Waals surface area contributed by atoms with E-state index in [2.05, 4.69) is 34.6 Å². The number of esters is 3. The van der Waals surface area contributed by atoms with E-state index in [1.165, 1.54) is 116 Å². The lowest BCUT2D eigenvalue weighted by molar-refractivity contribution is -0.167. The van der Waals surface area contributed by atoms with Crippen LogP contribution in [0.1, 0.15) is 234 Å². The lowest BCUT2D eigenvalue weighted by Crippen LogP contribution is -2.30. The molecule has 1 unspecified atom stereocenters. The molecule has 0 bridgehead atoms. The molecule has 50 heavy (non-hydrogen) atoms. The van der Waals surface area contributed by atoms with Gasteiger partial charge in [-0.15, -0.1) is 0 Å². The van der Waals surface area contributed by atoms with Gasteiger partial charge in [-0.25, -0.2) is 0 Å². The fourth-order valence-corrected chi connectivity index (χ4v) is 6.37. The Morgan fingerprint density at radius 2 is 0.760 bits per heavy atom. The third-order valence-electron chi connectivity index (χ3n) is 10.1. The third-order valence-corrected chi connectivity index (χ3v) is 10.1. The van der Waals surface area contributed by atoms with Gasteiger partial charge in [-0.2, -0.15) is 0 Å². The highest BCUT2D eigenvalue weighted by Crippen LogP contribution is 2.17. The third kappa shape index (κ3) is 36.2. The van der Waals surface area contributed by atoms with Gasteiger partial charge in [0.1, 0.15) is 13.2 Å². The second-order valence-electron chi connectivity index (χ2n) is 15.7. The molecule has 0 amide bonds. The molecule has 2 atom stereocenters. The second-order valence-corrected chi connectivity index (χ2v) is 15.7. The fourth-order valence-electron chi connectivity index (χ4n) is 6.37. The van der Waals surface area contributed by atoms with E-state index in [1.54, 1.807) is 0 Å². The predicted octanol–water partition coefficient (Wildman–Crippen LogP) is 13.4. The van der Waals surface area contributed by atoms with Crippen LogP contribution in [0.4, 0.5) is 0 Å². The molecule has 0 N–H and O–H groups in total. The zero-order valence-corrected chi connectivity index (χ0v) is 34.0. The summed E-state index contributed by atoms with van der Waals surface area (Å²) in [6, 6.07) is 0. The standard InChI is InChI=1S/C44H84O6/c1-6-8-9-22-31-36-44(47)50-41(38-49-43(46)35-30-26-21-20-23-27-32-39(3)4)37-48-42(45)34-29-25-19-17-15-13-11-10-12-14-16-18-24-28-33-40(5)7-2/h39-41H,6-38H2,1-5H3/t40?,41-/m1/s1. The fraction of sp³-hybridized carbons (Fsp3) is 0.932. The molecule has 0 aliphatic carbocycles.